The SMILES string of the molecule is NOCc1ccc(C2CCOC(CS(=O)(=O)c3ccc(Oc4ccc(Cl)cc4)cc3)C2)cc1. The van der Waals surface area contributed by atoms with Crippen molar-refractivity contribution in [3.05, 3.63) is 88.9 Å². The Labute approximate surface area is 199 Å². The van der Waals surface area contributed by atoms with Gasteiger partial charge in [0.2, 0.25) is 0 Å². The molecule has 1 fully saturated rings. The summed E-state index contributed by atoms with van der Waals surface area (Å²) in [5, 5.41) is 0.620. The highest BCUT2D eigenvalue weighted by Crippen LogP contribution is 2.32. The van der Waals surface area contributed by atoms with Crippen LogP contribution in [0.15, 0.2) is 77.7 Å². The van der Waals surface area contributed by atoms with Crippen LogP contribution in [0.3, 0.4) is 0 Å². The Balaban J connectivity index is 1.38. The number of sulfone groups is 1. The second-order valence-corrected chi connectivity index (χ2v) is 10.5. The number of benzene rings is 3. The van der Waals surface area contributed by atoms with E-state index in [2.05, 4.69) is 17.0 Å². The third-order valence-corrected chi connectivity index (χ3v) is 7.76. The van der Waals surface area contributed by atoms with Gasteiger partial charge in [0.1, 0.15) is 11.5 Å². The quantitative estimate of drug-likeness (QED) is 0.436. The Hall–Kier alpha value is -2.42. The molecule has 2 N–H and O–H groups in total. The fourth-order valence-electron chi connectivity index (χ4n) is 3.98. The van der Waals surface area contributed by atoms with Gasteiger partial charge < -0.3 is 9.47 Å². The maximum Gasteiger partial charge on any atom is 0.180 e. The lowest BCUT2D eigenvalue weighted by Gasteiger charge is -2.30. The fraction of sp³-hybridized carbons (Fsp3) is 0.280. The van der Waals surface area contributed by atoms with Gasteiger partial charge in [-0.1, -0.05) is 35.9 Å². The predicted octanol–water partition coefficient (Wildman–Crippen LogP) is 5.26. The van der Waals surface area contributed by atoms with Crippen LogP contribution in [-0.4, -0.2) is 26.9 Å². The van der Waals surface area contributed by atoms with E-state index < -0.39 is 9.84 Å². The molecule has 0 spiro atoms. The molecule has 6 nitrogen and oxygen atoms in total. The van der Waals surface area contributed by atoms with Crippen molar-refractivity contribution in [3.8, 4) is 11.5 Å². The molecule has 2 atom stereocenters. The Bertz CT molecular complexity index is 1150. The molecule has 33 heavy (non-hydrogen) atoms. The smallest absolute Gasteiger partial charge is 0.180 e. The molecule has 3 aromatic carbocycles. The molecular weight excluding hydrogens is 462 g/mol. The largest absolute Gasteiger partial charge is 0.457 e. The van der Waals surface area contributed by atoms with Crippen LogP contribution in [0, 0.1) is 0 Å². The van der Waals surface area contributed by atoms with Crippen molar-refractivity contribution in [2.75, 3.05) is 12.4 Å². The molecule has 174 valence electrons. The zero-order valence-corrected chi connectivity index (χ0v) is 19.6. The van der Waals surface area contributed by atoms with Crippen molar-refractivity contribution in [1.82, 2.24) is 0 Å². The van der Waals surface area contributed by atoms with Crippen LogP contribution in [-0.2, 0) is 26.0 Å². The number of halogens is 1. The lowest BCUT2D eigenvalue weighted by atomic mass is 9.88. The normalized spacial score (nSPS) is 18.7. The molecule has 1 heterocycles. The zero-order chi connectivity index (χ0) is 23.3. The molecule has 0 bridgehead atoms. The maximum atomic E-state index is 13.0. The number of hydrogen-bond donors (Lipinski definition) is 1. The van der Waals surface area contributed by atoms with Gasteiger partial charge in [-0.3, -0.25) is 4.84 Å². The summed E-state index contributed by atoms with van der Waals surface area (Å²) in [5.74, 6) is 6.50. The summed E-state index contributed by atoms with van der Waals surface area (Å²) in [4.78, 5) is 4.92. The molecule has 0 radical (unpaired) electrons. The molecule has 0 saturated carbocycles. The van der Waals surface area contributed by atoms with Crippen LogP contribution < -0.4 is 10.6 Å². The molecule has 8 heteroatoms. The lowest BCUT2D eigenvalue weighted by molar-refractivity contribution is 0.0206. The minimum atomic E-state index is -3.50. The summed E-state index contributed by atoms with van der Waals surface area (Å²) in [6, 6.07) is 21.5. The Morgan fingerprint density at radius 3 is 2.21 bits per heavy atom. The van der Waals surface area contributed by atoms with E-state index in [-0.39, 0.29) is 22.7 Å². The highest BCUT2D eigenvalue weighted by atomic mass is 35.5. The van der Waals surface area contributed by atoms with Crippen LogP contribution >= 0.6 is 11.6 Å². The van der Waals surface area contributed by atoms with E-state index in [9.17, 15) is 8.42 Å². The predicted molar refractivity (Wildman–Crippen MR) is 127 cm³/mol. The van der Waals surface area contributed by atoms with Crippen LogP contribution in [0.25, 0.3) is 0 Å². The van der Waals surface area contributed by atoms with Gasteiger partial charge in [0, 0.05) is 11.6 Å². The summed E-state index contributed by atoms with van der Waals surface area (Å²) >= 11 is 5.89. The second-order valence-electron chi connectivity index (χ2n) is 8.08. The fourth-order valence-corrected chi connectivity index (χ4v) is 5.57. The first kappa shape index (κ1) is 23.7. The topological polar surface area (TPSA) is 87.9 Å². The summed E-state index contributed by atoms with van der Waals surface area (Å²) in [6.07, 6.45) is 1.16. The second kappa shape index (κ2) is 10.7. The van der Waals surface area contributed by atoms with E-state index in [1.807, 2.05) is 12.1 Å². The number of hydrogen-bond acceptors (Lipinski definition) is 6. The monoisotopic (exact) mass is 487 g/mol. The highest BCUT2D eigenvalue weighted by Gasteiger charge is 2.29. The molecule has 3 aromatic rings. The third kappa shape index (κ3) is 6.34. The van der Waals surface area contributed by atoms with Crippen LogP contribution in [0.5, 0.6) is 11.5 Å². The minimum Gasteiger partial charge on any atom is -0.457 e. The van der Waals surface area contributed by atoms with Crippen molar-refractivity contribution < 1.29 is 22.7 Å². The van der Waals surface area contributed by atoms with Crippen LogP contribution in [0.4, 0.5) is 0 Å². The van der Waals surface area contributed by atoms with Crippen LogP contribution in [0.1, 0.15) is 29.9 Å². The summed E-state index contributed by atoms with van der Waals surface area (Å²) in [5.41, 5.74) is 2.17. The first-order valence-electron chi connectivity index (χ1n) is 10.7. The standard InChI is InChI=1S/C25H26ClNO5S/c26-21-5-7-22(8-6-21)32-23-9-11-25(12-10-23)33(28,29)17-24-15-20(13-14-30-24)19-3-1-18(2-4-19)16-31-27/h1-12,20,24H,13-17,27H2. The number of rotatable bonds is 8. The lowest BCUT2D eigenvalue weighted by Crippen LogP contribution is -2.31. The first-order chi connectivity index (χ1) is 15.9. The molecule has 0 amide bonds. The molecule has 0 aromatic heterocycles. The third-order valence-electron chi connectivity index (χ3n) is 5.71. The van der Waals surface area contributed by atoms with Crippen LogP contribution in [0.2, 0.25) is 5.02 Å². The van der Waals surface area contributed by atoms with E-state index in [0.717, 1.165) is 12.0 Å². The highest BCUT2D eigenvalue weighted by molar-refractivity contribution is 7.91. The summed E-state index contributed by atoms with van der Waals surface area (Å²) in [6.45, 7) is 0.894. The van der Waals surface area contributed by atoms with Crippen molar-refractivity contribution >= 4 is 21.4 Å². The van der Waals surface area contributed by atoms with Gasteiger partial charge in [0.05, 0.1) is 23.4 Å². The van der Waals surface area contributed by atoms with E-state index in [0.29, 0.717) is 36.2 Å². The first-order valence-corrected chi connectivity index (χ1v) is 12.7. The number of ether oxygens (including phenoxy) is 2. The van der Waals surface area contributed by atoms with Crippen molar-refractivity contribution in [2.45, 2.75) is 36.4 Å². The molecule has 0 aliphatic carbocycles. The van der Waals surface area contributed by atoms with E-state index >= 15 is 0 Å². The van der Waals surface area contributed by atoms with Gasteiger partial charge in [-0.05, 0) is 78.4 Å². The number of nitrogens with two attached hydrogens (primary N) is 1. The molecular formula is C25H26ClNO5S. The van der Waals surface area contributed by atoms with Gasteiger partial charge >= 0.3 is 0 Å². The molecule has 1 aliphatic heterocycles. The van der Waals surface area contributed by atoms with E-state index in [4.69, 9.17) is 27.0 Å². The zero-order valence-electron chi connectivity index (χ0n) is 18.0. The molecule has 1 aliphatic rings. The summed E-state index contributed by atoms with van der Waals surface area (Å²) in [7, 11) is -3.50. The van der Waals surface area contributed by atoms with Gasteiger partial charge in [-0.25, -0.2) is 14.3 Å². The van der Waals surface area contributed by atoms with Gasteiger partial charge in [-0.2, -0.15) is 0 Å². The van der Waals surface area contributed by atoms with Crippen molar-refractivity contribution in [2.24, 2.45) is 5.90 Å². The van der Waals surface area contributed by atoms with Gasteiger partial charge in [-0.15, -0.1) is 0 Å². The molecule has 2 unspecified atom stereocenters. The minimum absolute atomic E-state index is 0.0556. The maximum absolute atomic E-state index is 13.0. The molecule has 1 saturated heterocycles. The van der Waals surface area contributed by atoms with E-state index in [1.54, 1.807) is 48.5 Å². The van der Waals surface area contributed by atoms with E-state index in [1.165, 1.54) is 5.56 Å². The van der Waals surface area contributed by atoms with Crippen molar-refractivity contribution in [1.29, 1.82) is 0 Å². The Morgan fingerprint density at radius 1 is 0.939 bits per heavy atom. The average Bonchev–Trinajstić information content (AvgIpc) is 2.82. The Kier molecular flexibility index (Phi) is 7.67. The summed E-state index contributed by atoms with van der Waals surface area (Å²) < 4.78 is 37.6. The van der Waals surface area contributed by atoms with Gasteiger partial charge in [0.25, 0.3) is 0 Å². The molecule has 4 rings (SSSR count). The average molecular weight is 488 g/mol. The van der Waals surface area contributed by atoms with Gasteiger partial charge in [0.15, 0.2) is 9.84 Å². The Morgan fingerprint density at radius 2 is 1.58 bits per heavy atom. The van der Waals surface area contributed by atoms with Crippen molar-refractivity contribution in [3.63, 3.8) is 0 Å².